The summed E-state index contributed by atoms with van der Waals surface area (Å²) in [5, 5.41) is 12.0. The third kappa shape index (κ3) is 46.5. The van der Waals surface area contributed by atoms with E-state index in [4.69, 9.17) is 10.5 Å². The zero-order valence-corrected chi connectivity index (χ0v) is 41.4. The maximum atomic E-state index is 12.9. The Kier molecular flexibility index (Phi) is 47.8. The summed E-state index contributed by atoms with van der Waals surface area (Å²) >= 11 is 0. The van der Waals surface area contributed by atoms with E-state index in [9.17, 15) is 19.5 Å². The molecule has 0 heterocycles. The van der Waals surface area contributed by atoms with Gasteiger partial charge in [-0.05, 0) is 135 Å². The maximum absolute atomic E-state index is 12.9. The van der Waals surface area contributed by atoms with Crippen molar-refractivity contribution in [2.45, 2.75) is 251 Å². The van der Waals surface area contributed by atoms with Crippen LogP contribution in [0.4, 0.5) is 0 Å². The Hall–Kier alpha value is -3.45. The van der Waals surface area contributed by atoms with Crippen molar-refractivity contribution < 1.29 is 24.2 Å². The molecule has 366 valence electrons. The van der Waals surface area contributed by atoms with Crippen molar-refractivity contribution >= 4 is 17.8 Å². The van der Waals surface area contributed by atoms with Crippen LogP contribution in [0.5, 0.6) is 0 Å². The zero-order valence-electron chi connectivity index (χ0n) is 41.4. The molecule has 64 heavy (non-hydrogen) atoms. The first kappa shape index (κ1) is 60.5. The molecule has 0 bridgehead atoms. The molecule has 0 aromatic rings. The van der Waals surface area contributed by atoms with E-state index in [-0.39, 0.29) is 18.0 Å². The highest BCUT2D eigenvalue weighted by atomic mass is 16.5. The number of carbonyl (C=O) groups is 3. The summed E-state index contributed by atoms with van der Waals surface area (Å²) in [6, 6.07) is -0.867. The molecule has 2 atom stereocenters. The summed E-state index contributed by atoms with van der Waals surface area (Å²) in [7, 11) is 0. The van der Waals surface area contributed by atoms with Crippen molar-refractivity contribution in [1.29, 1.82) is 0 Å². The number of amides is 1. The van der Waals surface area contributed by atoms with Crippen molar-refractivity contribution in [3.05, 3.63) is 85.1 Å². The highest BCUT2D eigenvalue weighted by Crippen LogP contribution is 2.18. The van der Waals surface area contributed by atoms with Gasteiger partial charge in [0.15, 0.2) is 0 Å². The highest BCUT2D eigenvalue weighted by molar-refractivity contribution is 5.83. The second-order valence-corrected chi connectivity index (χ2v) is 17.5. The molecule has 7 nitrogen and oxygen atoms in total. The standard InChI is InChI=1S/C57H98N2O5/c1-3-5-7-9-11-13-15-17-19-20-21-22-23-24-25-26-28-30-32-34-36-41-45-51-56(61)64-53(47-42-38-35-33-31-29-27-18-16-14-12-10-8-6-4-2)48-43-39-37-40-44-50-55(60)59-54(57(62)63)49-46-52-58/h6,8,12,14-15,17-18,20-21,23-24,27,31,33,53-54H,3-5,7,9-11,13,16,19,22,25-26,28-30,32,34-52,58H2,1-2H3,(H,59,60)(H,62,63)/b8-6-,14-12-,17-15-,21-20-,24-23-,27-18-,33-31-. The Labute approximate surface area is 394 Å². The Morgan fingerprint density at radius 2 is 0.859 bits per heavy atom. The average Bonchev–Trinajstić information content (AvgIpc) is 3.28. The van der Waals surface area contributed by atoms with E-state index >= 15 is 0 Å². The molecule has 7 heteroatoms. The first-order valence-corrected chi connectivity index (χ1v) is 26.4. The molecule has 0 aliphatic rings. The SMILES string of the molecule is CC/C=C\C/C=C\C/C=C\C/C=C\CCCCC(CCCCCCCC(=O)NC(CCCN)C(=O)O)OC(=O)CCCCCCCCCC/C=C\C/C=C\C/C=C\CCCCCCC. The Bertz CT molecular complexity index is 1280. The van der Waals surface area contributed by atoms with Gasteiger partial charge in [-0.25, -0.2) is 4.79 Å². The number of allylic oxidation sites excluding steroid dienone is 14. The maximum Gasteiger partial charge on any atom is 0.326 e. The Balaban J connectivity index is 4.35. The number of carboxylic acids is 1. The lowest BCUT2D eigenvalue weighted by Crippen LogP contribution is -2.40. The number of unbranched alkanes of at least 4 members (excludes halogenated alkanes) is 19. The van der Waals surface area contributed by atoms with Gasteiger partial charge >= 0.3 is 11.9 Å². The molecule has 0 rings (SSSR count). The van der Waals surface area contributed by atoms with Crippen LogP contribution in [0, 0.1) is 0 Å². The number of carboxylic acid groups (broad SMARTS) is 1. The molecule has 0 aliphatic heterocycles. The van der Waals surface area contributed by atoms with Gasteiger partial charge in [0.25, 0.3) is 0 Å². The van der Waals surface area contributed by atoms with Crippen LogP contribution in [0.3, 0.4) is 0 Å². The van der Waals surface area contributed by atoms with Crippen LogP contribution in [0.1, 0.15) is 239 Å². The minimum atomic E-state index is -1.01. The first-order valence-electron chi connectivity index (χ1n) is 26.4. The van der Waals surface area contributed by atoms with Gasteiger partial charge in [0.1, 0.15) is 12.1 Å². The molecular formula is C57H98N2O5. The zero-order chi connectivity index (χ0) is 46.7. The lowest BCUT2D eigenvalue weighted by atomic mass is 10.0. The van der Waals surface area contributed by atoms with Gasteiger partial charge in [0, 0.05) is 12.8 Å². The lowest BCUT2D eigenvalue weighted by molar-refractivity contribution is -0.150. The second-order valence-electron chi connectivity index (χ2n) is 17.5. The molecule has 0 aromatic heterocycles. The summed E-state index contributed by atoms with van der Waals surface area (Å²) in [5.41, 5.74) is 5.50. The fraction of sp³-hybridized carbons (Fsp3) is 0.702. The van der Waals surface area contributed by atoms with Gasteiger partial charge in [-0.15, -0.1) is 0 Å². The molecule has 0 aliphatic carbocycles. The third-order valence-corrected chi connectivity index (χ3v) is 11.4. The van der Waals surface area contributed by atoms with Crippen LogP contribution in [0.15, 0.2) is 85.1 Å². The van der Waals surface area contributed by atoms with Crippen molar-refractivity contribution in [3.8, 4) is 0 Å². The number of aliphatic carboxylic acids is 1. The van der Waals surface area contributed by atoms with E-state index < -0.39 is 12.0 Å². The number of hydrogen-bond acceptors (Lipinski definition) is 5. The molecule has 0 saturated carbocycles. The minimum Gasteiger partial charge on any atom is -0.480 e. The first-order chi connectivity index (χ1) is 31.4. The number of esters is 1. The Morgan fingerprint density at radius 1 is 0.469 bits per heavy atom. The predicted molar refractivity (Wildman–Crippen MR) is 275 cm³/mol. The normalized spacial score (nSPS) is 13.3. The topological polar surface area (TPSA) is 119 Å². The number of ether oxygens (including phenoxy) is 1. The van der Waals surface area contributed by atoms with Gasteiger partial charge in [-0.1, -0.05) is 182 Å². The average molecular weight is 891 g/mol. The van der Waals surface area contributed by atoms with Gasteiger partial charge in [-0.2, -0.15) is 0 Å². The summed E-state index contributed by atoms with van der Waals surface area (Å²) < 4.78 is 6.07. The predicted octanol–water partition coefficient (Wildman–Crippen LogP) is 16.0. The molecule has 2 unspecified atom stereocenters. The quantitative estimate of drug-likeness (QED) is 0.0318. The molecular weight excluding hydrogens is 793 g/mol. The van der Waals surface area contributed by atoms with E-state index in [1.807, 2.05) is 0 Å². The van der Waals surface area contributed by atoms with Gasteiger partial charge in [-0.3, -0.25) is 9.59 Å². The smallest absolute Gasteiger partial charge is 0.326 e. The van der Waals surface area contributed by atoms with Crippen molar-refractivity contribution in [2.24, 2.45) is 5.73 Å². The molecule has 0 spiro atoms. The fourth-order valence-electron chi connectivity index (χ4n) is 7.51. The lowest BCUT2D eigenvalue weighted by Gasteiger charge is -2.18. The van der Waals surface area contributed by atoms with Crippen LogP contribution in [-0.4, -0.2) is 41.6 Å². The summed E-state index contributed by atoms with van der Waals surface area (Å²) in [6.45, 7) is 4.83. The number of nitrogens with one attached hydrogen (secondary N) is 1. The van der Waals surface area contributed by atoms with Crippen molar-refractivity contribution in [3.63, 3.8) is 0 Å². The van der Waals surface area contributed by atoms with Crippen molar-refractivity contribution in [2.75, 3.05) is 6.54 Å². The Morgan fingerprint density at radius 3 is 1.33 bits per heavy atom. The van der Waals surface area contributed by atoms with Crippen LogP contribution in [0.25, 0.3) is 0 Å². The van der Waals surface area contributed by atoms with E-state index in [2.05, 4.69) is 104 Å². The minimum absolute atomic E-state index is 0.0366. The number of hydrogen-bond donors (Lipinski definition) is 3. The molecule has 4 N–H and O–H groups in total. The van der Waals surface area contributed by atoms with Gasteiger partial charge in [0.2, 0.25) is 5.91 Å². The number of rotatable bonds is 47. The number of nitrogens with two attached hydrogens (primary N) is 1. The molecule has 1 amide bonds. The molecule has 0 aromatic carbocycles. The summed E-state index contributed by atoms with van der Waals surface area (Å²) in [6.07, 6.45) is 67.8. The van der Waals surface area contributed by atoms with E-state index in [0.717, 1.165) is 116 Å². The molecule has 0 saturated heterocycles. The van der Waals surface area contributed by atoms with Crippen LogP contribution in [0.2, 0.25) is 0 Å². The third-order valence-electron chi connectivity index (χ3n) is 11.4. The van der Waals surface area contributed by atoms with Gasteiger partial charge < -0.3 is 20.9 Å². The molecule has 0 radical (unpaired) electrons. The van der Waals surface area contributed by atoms with Crippen LogP contribution >= 0.6 is 0 Å². The monoisotopic (exact) mass is 891 g/mol. The highest BCUT2D eigenvalue weighted by Gasteiger charge is 2.19. The fourth-order valence-corrected chi connectivity index (χ4v) is 7.51. The number of carbonyl (C=O) groups excluding carboxylic acids is 2. The van der Waals surface area contributed by atoms with E-state index in [0.29, 0.717) is 32.2 Å². The van der Waals surface area contributed by atoms with E-state index in [1.54, 1.807) is 0 Å². The van der Waals surface area contributed by atoms with E-state index in [1.165, 1.54) is 83.5 Å². The second kappa shape index (κ2) is 50.5. The van der Waals surface area contributed by atoms with Crippen molar-refractivity contribution in [1.82, 2.24) is 5.32 Å². The van der Waals surface area contributed by atoms with Crippen LogP contribution in [-0.2, 0) is 19.1 Å². The summed E-state index contributed by atoms with van der Waals surface area (Å²) in [5.74, 6) is -1.27. The summed E-state index contributed by atoms with van der Waals surface area (Å²) in [4.78, 5) is 36.6. The molecule has 0 fully saturated rings. The van der Waals surface area contributed by atoms with Gasteiger partial charge in [0.05, 0.1) is 0 Å². The van der Waals surface area contributed by atoms with Crippen LogP contribution < -0.4 is 11.1 Å². The largest absolute Gasteiger partial charge is 0.480 e.